The number of aromatic nitrogens is 3. The van der Waals surface area contributed by atoms with Gasteiger partial charge in [0.05, 0.1) is 31.7 Å². The second-order valence-corrected chi connectivity index (χ2v) is 7.15. The van der Waals surface area contributed by atoms with Gasteiger partial charge >= 0.3 is 5.97 Å². The quantitative estimate of drug-likeness (QED) is 0.655. The average Bonchev–Trinajstić information content (AvgIpc) is 3.41. The standard InChI is InChI=1S/C20H20FN5O4/c21-14-1-2-17-12(3-6-30-17)13(14)9-22-20-23-10-16(25-4-7-29-8-5-25)18-24-15(19(27)28)11-26(18)20/h1-2,10-11H,3-9H2,(H,22,23)(H,27,28). The summed E-state index contributed by atoms with van der Waals surface area (Å²) >= 11 is 0. The summed E-state index contributed by atoms with van der Waals surface area (Å²) in [7, 11) is 0. The van der Waals surface area contributed by atoms with Crippen LogP contribution in [-0.4, -0.2) is 58.4 Å². The second kappa shape index (κ2) is 7.45. The van der Waals surface area contributed by atoms with E-state index in [1.54, 1.807) is 16.7 Å². The molecule has 0 unspecified atom stereocenters. The lowest BCUT2D eigenvalue weighted by molar-refractivity contribution is 0.0691. The number of hydrogen-bond acceptors (Lipinski definition) is 7. The highest BCUT2D eigenvalue weighted by molar-refractivity contribution is 5.87. The number of carboxylic acid groups (broad SMARTS) is 1. The number of hydrogen-bond donors (Lipinski definition) is 2. The van der Waals surface area contributed by atoms with Gasteiger partial charge < -0.3 is 24.8 Å². The van der Waals surface area contributed by atoms with E-state index in [2.05, 4.69) is 20.2 Å². The SMILES string of the molecule is O=C(O)c1cn2c(NCc3c(F)ccc4c3CCO4)ncc(N3CCOCC3)c2n1. The summed E-state index contributed by atoms with van der Waals surface area (Å²) in [6.07, 6.45) is 3.74. The van der Waals surface area contributed by atoms with Gasteiger partial charge in [-0.15, -0.1) is 0 Å². The van der Waals surface area contributed by atoms with Gasteiger partial charge in [-0.1, -0.05) is 0 Å². The molecule has 1 fully saturated rings. The summed E-state index contributed by atoms with van der Waals surface area (Å²) in [6.45, 7) is 3.23. The number of halogens is 1. The van der Waals surface area contributed by atoms with E-state index in [1.807, 2.05) is 0 Å². The van der Waals surface area contributed by atoms with Crippen LogP contribution in [0.3, 0.4) is 0 Å². The highest BCUT2D eigenvalue weighted by atomic mass is 19.1. The summed E-state index contributed by atoms with van der Waals surface area (Å²) in [5.41, 5.74) is 2.50. The van der Waals surface area contributed by atoms with E-state index in [-0.39, 0.29) is 18.1 Å². The van der Waals surface area contributed by atoms with Gasteiger partial charge in [0.25, 0.3) is 0 Å². The van der Waals surface area contributed by atoms with Gasteiger partial charge in [0.2, 0.25) is 5.95 Å². The van der Waals surface area contributed by atoms with E-state index in [0.717, 1.165) is 11.3 Å². The number of anilines is 2. The van der Waals surface area contributed by atoms with E-state index < -0.39 is 5.97 Å². The molecule has 0 bridgehead atoms. The highest BCUT2D eigenvalue weighted by Gasteiger charge is 2.22. The zero-order valence-electron chi connectivity index (χ0n) is 16.1. The number of imidazole rings is 1. The van der Waals surface area contributed by atoms with Crippen molar-refractivity contribution in [3.63, 3.8) is 0 Å². The van der Waals surface area contributed by atoms with Crippen molar-refractivity contribution in [2.24, 2.45) is 0 Å². The molecule has 1 aromatic carbocycles. The van der Waals surface area contributed by atoms with E-state index >= 15 is 0 Å². The summed E-state index contributed by atoms with van der Waals surface area (Å²) in [5, 5.41) is 12.6. The van der Waals surface area contributed by atoms with Crippen molar-refractivity contribution in [3.8, 4) is 5.75 Å². The van der Waals surface area contributed by atoms with Gasteiger partial charge in [0.1, 0.15) is 11.6 Å². The Kier molecular flexibility index (Phi) is 4.62. The molecule has 0 saturated carbocycles. The van der Waals surface area contributed by atoms with Crippen LogP contribution in [0.25, 0.3) is 5.65 Å². The summed E-state index contributed by atoms with van der Waals surface area (Å²) in [4.78, 5) is 22.3. The van der Waals surface area contributed by atoms with Gasteiger partial charge in [0.15, 0.2) is 11.3 Å². The summed E-state index contributed by atoms with van der Waals surface area (Å²) in [6, 6.07) is 3.04. The van der Waals surface area contributed by atoms with E-state index in [9.17, 15) is 14.3 Å². The lowest BCUT2D eigenvalue weighted by Gasteiger charge is -2.28. The van der Waals surface area contributed by atoms with Crippen molar-refractivity contribution in [3.05, 3.63) is 47.2 Å². The Bertz CT molecular complexity index is 1130. The number of rotatable bonds is 5. The molecule has 0 atom stereocenters. The molecule has 2 aliphatic rings. The average molecular weight is 413 g/mol. The number of benzene rings is 1. The monoisotopic (exact) mass is 413 g/mol. The molecule has 2 aromatic heterocycles. The predicted molar refractivity (Wildman–Crippen MR) is 106 cm³/mol. The largest absolute Gasteiger partial charge is 0.493 e. The maximum atomic E-state index is 14.4. The zero-order valence-corrected chi connectivity index (χ0v) is 16.1. The number of ether oxygens (including phenoxy) is 2. The lowest BCUT2D eigenvalue weighted by atomic mass is 10.0. The Hall–Kier alpha value is -3.40. The number of fused-ring (bicyclic) bond motifs is 2. The van der Waals surface area contributed by atoms with Crippen LogP contribution in [0.2, 0.25) is 0 Å². The highest BCUT2D eigenvalue weighted by Crippen LogP contribution is 2.31. The van der Waals surface area contributed by atoms with Crippen LogP contribution in [-0.2, 0) is 17.7 Å². The lowest BCUT2D eigenvalue weighted by Crippen LogP contribution is -2.36. The first-order valence-electron chi connectivity index (χ1n) is 9.73. The fourth-order valence-corrected chi connectivity index (χ4v) is 3.90. The number of nitrogens with one attached hydrogen (secondary N) is 1. The zero-order chi connectivity index (χ0) is 20.7. The maximum absolute atomic E-state index is 14.4. The Morgan fingerprint density at radius 1 is 1.27 bits per heavy atom. The van der Waals surface area contributed by atoms with E-state index in [4.69, 9.17) is 9.47 Å². The minimum atomic E-state index is -1.12. The van der Waals surface area contributed by atoms with Crippen LogP contribution in [0.5, 0.6) is 5.75 Å². The van der Waals surface area contributed by atoms with Crippen LogP contribution >= 0.6 is 0 Å². The van der Waals surface area contributed by atoms with Crippen molar-refractivity contribution < 1.29 is 23.8 Å². The van der Waals surface area contributed by atoms with Crippen molar-refractivity contribution in [2.45, 2.75) is 13.0 Å². The number of carboxylic acids is 1. The first-order chi connectivity index (χ1) is 14.6. The molecule has 9 nitrogen and oxygen atoms in total. The first-order valence-corrected chi connectivity index (χ1v) is 9.73. The summed E-state index contributed by atoms with van der Waals surface area (Å²) < 4.78 is 27.0. The van der Waals surface area contributed by atoms with Gasteiger partial charge in [0, 0.05) is 43.4 Å². The third-order valence-electron chi connectivity index (χ3n) is 5.41. The van der Waals surface area contributed by atoms with Crippen LogP contribution in [0.1, 0.15) is 21.6 Å². The van der Waals surface area contributed by atoms with Crippen LogP contribution in [0.15, 0.2) is 24.5 Å². The van der Waals surface area contributed by atoms with Gasteiger partial charge in [-0.2, -0.15) is 0 Å². The van der Waals surface area contributed by atoms with Crippen molar-refractivity contribution in [2.75, 3.05) is 43.1 Å². The molecule has 1 saturated heterocycles. The molecule has 0 spiro atoms. The smallest absolute Gasteiger partial charge is 0.356 e. The van der Waals surface area contributed by atoms with Crippen molar-refractivity contribution in [1.82, 2.24) is 14.4 Å². The first kappa shape index (κ1) is 18.6. The number of aromatic carboxylic acids is 1. The van der Waals surface area contributed by atoms with Crippen LogP contribution in [0.4, 0.5) is 16.0 Å². The second-order valence-electron chi connectivity index (χ2n) is 7.15. The third-order valence-corrected chi connectivity index (χ3v) is 5.41. The predicted octanol–water partition coefficient (Wildman–Crippen LogP) is 1.95. The molecule has 3 aromatic rings. The molecule has 5 rings (SSSR count). The molecule has 2 N–H and O–H groups in total. The Morgan fingerprint density at radius 2 is 2.10 bits per heavy atom. The molecule has 2 aliphatic heterocycles. The Labute approximate surface area is 171 Å². The fraction of sp³-hybridized carbons (Fsp3) is 0.350. The van der Waals surface area contributed by atoms with Gasteiger partial charge in [-0.3, -0.25) is 4.40 Å². The fourth-order valence-electron chi connectivity index (χ4n) is 3.90. The van der Waals surface area contributed by atoms with E-state index in [0.29, 0.717) is 62.2 Å². The molecule has 0 amide bonds. The van der Waals surface area contributed by atoms with Crippen molar-refractivity contribution in [1.29, 1.82) is 0 Å². The number of carbonyl (C=O) groups is 1. The van der Waals surface area contributed by atoms with Crippen molar-refractivity contribution >= 4 is 23.3 Å². The Morgan fingerprint density at radius 3 is 2.90 bits per heavy atom. The third kappa shape index (κ3) is 3.18. The molecule has 0 aliphatic carbocycles. The molecular formula is C20H20FN5O4. The van der Waals surface area contributed by atoms with Gasteiger partial charge in [-0.05, 0) is 12.1 Å². The topological polar surface area (TPSA) is 101 Å². The normalized spacial score (nSPS) is 15.8. The number of nitrogens with zero attached hydrogens (tertiary/aromatic N) is 4. The molecule has 4 heterocycles. The molecular weight excluding hydrogens is 393 g/mol. The van der Waals surface area contributed by atoms with Crippen LogP contribution < -0.4 is 15.0 Å². The minimum Gasteiger partial charge on any atom is -0.493 e. The molecule has 10 heteroatoms. The molecule has 156 valence electrons. The van der Waals surface area contributed by atoms with Gasteiger partial charge in [-0.25, -0.2) is 19.2 Å². The Balaban J connectivity index is 1.51. The maximum Gasteiger partial charge on any atom is 0.356 e. The minimum absolute atomic E-state index is 0.0826. The number of morpholine rings is 1. The summed E-state index contributed by atoms with van der Waals surface area (Å²) in [5.74, 6) is -0.353. The molecule has 0 radical (unpaired) electrons. The molecule has 30 heavy (non-hydrogen) atoms. The van der Waals surface area contributed by atoms with Crippen LogP contribution in [0, 0.1) is 5.82 Å². The van der Waals surface area contributed by atoms with E-state index in [1.165, 1.54) is 12.3 Å².